The van der Waals surface area contributed by atoms with Gasteiger partial charge in [-0.05, 0) is 12.1 Å². The first-order valence-electron chi connectivity index (χ1n) is 5.88. The zero-order valence-corrected chi connectivity index (χ0v) is 10.7. The predicted molar refractivity (Wildman–Crippen MR) is 65.7 cm³/mol. The Morgan fingerprint density at radius 1 is 1.45 bits per heavy atom. The Morgan fingerprint density at radius 2 is 2.15 bits per heavy atom. The lowest BCUT2D eigenvalue weighted by atomic mass is 10.2. The van der Waals surface area contributed by atoms with Crippen molar-refractivity contribution in [1.29, 1.82) is 0 Å². The second kappa shape index (κ2) is 5.16. The lowest BCUT2D eigenvalue weighted by Crippen LogP contribution is -2.41. The van der Waals surface area contributed by atoms with Crippen molar-refractivity contribution in [3.63, 3.8) is 0 Å². The number of nitrogens with zero attached hydrogens (tertiary/aromatic N) is 2. The molecule has 8 heteroatoms. The minimum Gasteiger partial charge on any atom is -0.480 e. The van der Waals surface area contributed by atoms with Gasteiger partial charge < -0.3 is 15.0 Å². The molecular formula is C12H13N3O5. The molecule has 106 valence electrons. The molecule has 1 aromatic rings. The number of aromatic nitrogens is 1. The summed E-state index contributed by atoms with van der Waals surface area (Å²) in [6.07, 6.45) is 1.37. The van der Waals surface area contributed by atoms with Gasteiger partial charge in [-0.2, -0.15) is 0 Å². The van der Waals surface area contributed by atoms with E-state index in [1.165, 1.54) is 29.9 Å². The number of carboxylic acid groups (broad SMARTS) is 1. The number of hydrogen-bond donors (Lipinski definition) is 2. The minimum atomic E-state index is -1.08. The summed E-state index contributed by atoms with van der Waals surface area (Å²) in [5.74, 6) is -2.50. The molecule has 2 heterocycles. The Labute approximate surface area is 114 Å². The number of likely N-dealkylation sites (N-methyl/N-ethyl adjacent to an activating group) is 1. The molecule has 1 aliphatic heterocycles. The summed E-state index contributed by atoms with van der Waals surface area (Å²) in [4.78, 5) is 46.7. The van der Waals surface area contributed by atoms with Crippen molar-refractivity contribution in [1.82, 2.24) is 14.8 Å². The van der Waals surface area contributed by atoms with Gasteiger partial charge in [-0.15, -0.1) is 0 Å². The van der Waals surface area contributed by atoms with Crippen LogP contribution in [0.15, 0.2) is 18.3 Å². The molecule has 1 aromatic heterocycles. The summed E-state index contributed by atoms with van der Waals surface area (Å²) in [5, 5.41) is 11.2. The SMILES string of the molecule is CN1C(=O)CC(NC(=O)c2cccn2CC(=O)O)C1=O. The average molecular weight is 279 g/mol. The third-order valence-corrected chi connectivity index (χ3v) is 3.05. The molecule has 1 saturated heterocycles. The maximum absolute atomic E-state index is 12.0. The molecule has 0 radical (unpaired) electrons. The highest BCUT2D eigenvalue weighted by molar-refractivity contribution is 6.07. The van der Waals surface area contributed by atoms with E-state index < -0.39 is 23.8 Å². The first-order chi connectivity index (χ1) is 9.40. The fraction of sp³-hybridized carbons (Fsp3) is 0.333. The smallest absolute Gasteiger partial charge is 0.323 e. The molecule has 1 aliphatic rings. The van der Waals surface area contributed by atoms with Crippen molar-refractivity contribution >= 4 is 23.7 Å². The zero-order chi connectivity index (χ0) is 14.9. The van der Waals surface area contributed by atoms with Crippen LogP contribution in [-0.2, 0) is 20.9 Å². The Kier molecular flexibility index (Phi) is 3.55. The van der Waals surface area contributed by atoms with Gasteiger partial charge in [0.05, 0.1) is 6.42 Å². The van der Waals surface area contributed by atoms with Crippen LogP contribution in [0.4, 0.5) is 0 Å². The van der Waals surface area contributed by atoms with Gasteiger partial charge in [0, 0.05) is 13.2 Å². The van der Waals surface area contributed by atoms with Gasteiger partial charge in [0.2, 0.25) is 5.91 Å². The summed E-state index contributed by atoms with van der Waals surface area (Å²) in [6, 6.07) is 2.09. The highest BCUT2D eigenvalue weighted by Crippen LogP contribution is 2.12. The molecule has 1 unspecified atom stereocenters. The largest absolute Gasteiger partial charge is 0.480 e. The fourth-order valence-corrected chi connectivity index (χ4v) is 2.00. The topological polar surface area (TPSA) is 109 Å². The monoisotopic (exact) mass is 279 g/mol. The first kappa shape index (κ1) is 13.8. The number of imide groups is 1. The van der Waals surface area contributed by atoms with Crippen LogP contribution in [0.25, 0.3) is 0 Å². The van der Waals surface area contributed by atoms with Crippen LogP contribution in [0.3, 0.4) is 0 Å². The standard InChI is InChI=1S/C12H13N3O5/c1-14-9(16)5-7(12(14)20)13-11(19)8-3-2-4-15(8)6-10(17)18/h2-4,7H,5-6H2,1H3,(H,13,19)(H,17,18). The number of rotatable bonds is 4. The van der Waals surface area contributed by atoms with Crippen LogP contribution in [0.2, 0.25) is 0 Å². The van der Waals surface area contributed by atoms with Crippen LogP contribution >= 0.6 is 0 Å². The van der Waals surface area contributed by atoms with Gasteiger partial charge >= 0.3 is 5.97 Å². The molecule has 2 N–H and O–H groups in total. The average Bonchev–Trinajstić information content (AvgIpc) is 2.91. The number of aliphatic carboxylic acids is 1. The normalized spacial score (nSPS) is 18.4. The molecule has 0 spiro atoms. The third-order valence-electron chi connectivity index (χ3n) is 3.05. The molecule has 0 saturated carbocycles. The molecular weight excluding hydrogens is 266 g/mol. The van der Waals surface area contributed by atoms with Crippen LogP contribution in [-0.4, -0.2) is 51.4 Å². The minimum absolute atomic E-state index is 0.0826. The lowest BCUT2D eigenvalue weighted by Gasteiger charge is -2.12. The number of likely N-dealkylation sites (tertiary alicyclic amines) is 1. The van der Waals surface area contributed by atoms with Gasteiger partial charge in [-0.3, -0.25) is 24.1 Å². The van der Waals surface area contributed by atoms with Crippen molar-refractivity contribution in [2.24, 2.45) is 0 Å². The Bertz CT molecular complexity index is 592. The molecule has 20 heavy (non-hydrogen) atoms. The molecule has 2 rings (SSSR count). The van der Waals surface area contributed by atoms with Crippen molar-refractivity contribution in [3.8, 4) is 0 Å². The van der Waals surface area contributed by atoms with Crippen molar-refractivity contribution in [2.75, 3.05) is 7.05 Å². The first-order valence-corrected chi connectivity index (χ1v) is 5.88. The van der Waals surface area contributed by atoms with Crippen molar-refractivity contribution in [3.05, 3.63) is 24.0 Å². The highest BCUT2D eigenvalue weighted by Gasteiger charge is 2.37. The zero-order valence-electron chi connectivity index (χ0n) is 10.7. The van der Waals surface area contributed by atoms with E-state index in [0.29, 0.717) is 0 Å². The van der Waals surface area contributed by atoms with Crippen molar-refractivity contribution < 1.29 is 24.3 Å². The predicted octanol–water partition coefficient (Wildman–Crippen LogP) is -0.940. The molecule has 1 atom stereocenters. The van der Waals surface area contributed by atoms with E-state index in [4.69, 9.17) is 5.11 Å². The summed E-state index contributed by atoms with van der Waals surface area (Å²) in [5.41, 5.74) is 0.127. The van der Waals surface area contributed by atoms with Gasteiger partial charge in [-0.25, -0.2) is 0 Å². The van der Waals surface area contributed by atoms with E-state index >= 15 is 0 Å². The number of amides is 3. The number of carboxylic acids is 1. The number of nitrogens with one attached hydrogen (secondary N) is 1. The second-order valence-corrected chi connectivity index (χ2v) is 4.44. The molecule has 0 bridgehead atoms. The molecule has 3 amide bonds. The van der Waals surface area contributed by atoms with Gasteiger partial charge in [-0.1, -0.05) is 0 Å². The van der Waals surface area contributed by atoms with E-state index in [-0.39, 0.29) is 24.6 Å². The van der Waals surface area contributed by atoms with Crippen LogP contribution in [0, 0.1) is 0 Å². The quantitative estimate of drug-likeness (QED) is 0.691. The Balaban J connectivity index is 2.10. The van der Waals surface area contributed by atoms with Crippen LogP contribution in [0.5, 0.6) is 0 Å². The molecule has 8 nitrogen and oxygen atoms in total. The Hall–Kier alpha value is -2.64. The van der Waals surface area contributed by atoms with Gasteiger partial charge in [0.25, 0.3) is 11.8 Å². The van der Waals surface area contributed by atoms with Crippen molar-refractivity contribution in [2.45, 2.75) is 19.0 Å². The van der Waals surface area contributed by atoms with Crippen LogP contribution < -0.4 is 5.32 Å². The highest BCUT2D eigenvalue weighted by atomic mass is 16.4. The molecule has 0 aliphatic carbocycles. The number of hydrogen-bond acceptors (Lipinski definition) is 4. The van der Waals surface area contributed by atoms with E-state index in [1.54, 1.807) is 0 Å². The van der Waals surface area contributed by atoms with Crippen LogP contribution in [0.1, 0.15) is 16.9 Å². The number of carbonyl (C=O) groups is 4. The number of carbonyl (C=O) groups excluding carboxylic acids is 3. The van der Waals surface area contributed by atoms with E-state index in [0.717, 1.165) is 4.90 Å². The fourth-order valence-electron chi connectivity index (χ4n) is 2.00. The maximum Gasteiger partial charge on any atom is 0.323 e. The summed E-state index contributed by atoms with van der Waals surface area (Å²) in [7, 11) is 1.35. The summed E-state index contributed by atoms with van der Waals surface area (Å²) in [6.45, 7) is -0.354. The Morgan fingerprint density at radius 3 is 2.70 bits per heavy atom. The maximum atomic E-state index is 12.0. The second-order valence-electron chi connectivity index (χ2n) is 4.44. The van der Waals surface area contributed by atoms with Gasteiger partial charge in [0.15, 0.2) is 0 Å². The van der Waals surface area contributed by atoms with E-state index in [1.807, 2.05) is 0 Å². The molecule has 0 aromatic carbocycles. The van der Waals surface area contributed by atoms with E-state index in [2.05, 4.69) is 5.32 Å². The summed E-state index contributed by atoms with van der Waals surface area (Å²) >= 11 is 0. The molecule has 1 fully saturated rings. The van der Waals surface area contributed by atoms with E-state index in [9.17, 15) is 19.2 Å². The summed E-state index contributed by atoms with van der Waals surface area (Å²) < 4.78 is 1.25. The third kappa shape index (κ3) is 2.53. The lowest BCUT2D eigenvalue weighted by molar-refractivity contribution is -0.138. The van der Waals surface area contributed by atoms with Gasteiger partial charge in [0.1, 0.15) is 18.3 Å².